The number of nitro groups is 1. The van der Waals surface area contributed by atoms with Crippen molar-refractivity contribution in [2.24, 2.45) is 0 Å². The summed E-state index contributed by atoms with van der Waals surface area (Å²) < 4.78 is 13.2. The van der Waals surface area contributed by atoms with E-state index < -0.39 is 10.7 Å². The van der Waals surface area contributed by atoms with Crippen LogP contribution in [0, 0.1) is 15.9 Å². The van der Waals surface area contributed by atoms with Gasteiger partial charge in [0.2, 0.25) is 0 Å². The molecule has 0 spiro atoms. The molecule has 4 nitrogen and oxygen atoms in total. The third-order valence-electron chi connectivity index (χ3n) is 3.32. The number of benzene rings is 1. The van der Waals surface area contributed by atoms with E-state index in [0.717, 1.165) is 6.07 Å². The first kappa shape index (κ1) is 12.0. The third-order valence-corrected chi connectivity index (χ3v) is 3.32. The Hall–Kier alpha value is -1.49. The Balaban J connectivity index is 2.30. The van der Waals surface area contributed by atoms with Crippen LogP contribution in [0.4, 0.5) is 10.1 Å². The molecule has 0 heterocycles. The van der Waals surface area contributed by atoms with E-state index in [4.69, 9.17) is 0 Å². The van der Waals surface area contributed by atoms with Gasteiger partial charge in [0.15, 0.2) is 0 Å². The van der Waals surface area contributed by atoms with Crippen LogP contribution in [-0.4, -0.2) is 16.1 Å². The minimum Gasteiger partial charge on any atom is -0.393 e. The molecule has 1 aliphatic rings. The topological polar surface area (TPSA) is 63.4 Å². The molecule has 1 fully saturated rings. The molecule has 1 saturated carbocycles. The number of nitro benzene ring substituents is 1. The Bertz CT molecular complexity index is 428. The van der Waals surface area contributed by atoms with Crippen LogP contribution in [0.2, 0.25) is 0 Å². The lowest BCUT2D eigenvalue weighted by molar-refractivity contribution is -0.385. The summed E-state index contributed by atoms with van der Waals surface area (Å²) >= 11 is 0. The molecule has 1 aromatic rings. The number of hydrogen-bond acceptors (Lipinski definition) is 3. The van der Waals surface area contributed by atoms with Gasteiger partial charge in [-0.2, -0.15) is 0 Å². The normalized spacial score (nSPS) is 24.6. The first-order chi connectivity index (χ1) is 8.08. The van der Waals surface area contributed by atoms with Crippen molar-refractivity contribution in [2.75, 3.05) is 0 Å². The van der Waals surface area contributed by atoms with Gasteiger partial charge in [-0.25, -0.2) is 4.39 Å². The fourth-order valence-electron chi connectivity index (χ4n) is 2.41. The minimum atomic E-state index is -0.472. The quantitative estimate of drug-likeness (QED) is 0.637. The molecule has 1 aliphatic carbocycles. The summed E-state index contributed by atoms with van der Waals surface area (Å²) in [5, 5.41) is 20.3. The van der Waals surface area contributed by atoms with Crippen molar-refractivity contribution >= 4 is 5.69 Å². The SMILES string of the molecule is O=[N+]([O-])c1ccc(F)cc1[C@H]1CC[C@H](O)CC1. The molecule has 0 unspecified atom stereocenters. The van der Waals surface area contributed by atoms with E-state index >= 15 is 0 Å². The highest BCUT2D eigenvalue weighted by Crippen LogP contribution is 2.37. The van der Waals surface area contributed by atoms with E-state index in [1.165, 1.54) is 12.1 Å². The van der Waals surface area contributed by atoms with Gasteiger partial charge in [0.1, 0.15) is 5.82 Å². The highest BCUT2D eigenvalue weighted by molar-refractivity contribution is 5.43. The number of nitrogens with zero attached hydrogens (tertiary/aromatic N) is 1. The van der Waals surface area contributed by atoms with Gasteiger partial charge in [0.05, 0.1) is 11.0 Å². The van der Waals surface area contributed by atoms with Gasteiger partial charge < -0.3 is 5.11 Å². The fourth-order valence-corrected chi connectivity index (χ4v) is 2.41. The summed E-state index contributed by atoms with van der Waals surface area (Å²) in [4.78, 5) is 10.4. The van der Waals surface area contributed by atoms with Gasteiger partial charge >= 0.3 is 0 Å². The summed E-state index contributed by atoms with van der Waals surface area (Å²) in [5.74, 6) is -0.466. The molecule has 0 saturated heterocycles. The molecule has 5 heteroatoms. The molecule has 0 atom stereocenters. The number of aliphatic hydroxyl groups excluding tert-OH is 1. The Labute approximate surface area is 98.2 Å². The van der Waals surface area contributed by atoms with Crippen LogP contribution < -0.4 is 0 Å². The maximum atomic E-state index is 13.2. The van der Waals surface area contributed by atoms with Crippen molar-refractivity contribution < 1.29 is 14.4 Å². The highest BCUT2D eigenvalue weighted by atomic mass is 19.1. The van der Waals surface area contributed by atoms with Crippen LogP contribution in [0.25, 0.3) is 0 Å². The van der Waals surface area contributed by atoms with Gasteiger partial charge in [-0.3, -0.25) is 10.1 Å². The van der Waals surface area contributed by atoms with Crippen LogP contribution in [0.15, 0.2) is 18.2 Å². The molecule has 2 rings (SSSR count). The lowest BCUT2D eigenvalue weighted by atomic mass is 9.82. The predicted octanol–water partition coefficient (Wildman–Crippen LogP) is 2.75. The Morgan fingerprint density at radius 1 is 1.29 bits per heavy atom. The van der Waals surface area contributed by atoms with Crippen molar-refractivity contribution in [3.05, 3.63) is 39.7 Å². The lowest BCUT2D eigenvalue weighted by Gasteiger charge is -2.25. The van der Waals surface area contributed by atoms with Gasteiger partial charge in [-0.1, -0.05) is 0 Å². The summed E-state index contributed by atoms with van der Waals surface area (Å²) in [5.41, 5.74) is 0.440. The van der Waals surface area contributed by atoms with E-state index in [2.05, 4.69) is 0 Å². The molecule has 0 radical (unpaired) electrons. The molecule has 92 valence electrons. The molecule has 1 aromatic carbocycles. The summed E-state index contributed by atoms with van der Waals surface area (Å²) in [6, 6.07) is 3.58. The van der Waals surface area contributed by atoms with Gasteiger partial charge in [0, 0.05) is 11.6 Å². The van der Waals surface area contributed by atoms with Gasteiger partial charge in [-0.05, 0) is 43.7 Å². The predicted molar refractivity (Wildman–Crippen MR) is 60.3 cm³/mol. The fraction of sp³-hybridized carbons (Fsp3) is 0.500. The standard InChI is InChI=1S/C12H14FNO3/c13-9-3-6-12(14(16)17)11(7-9)8-1-4-10(15)5-2-8/h3,6-8,10,15H,1-2,4-5H2/t8-,10-. The van der Waals surface area contributed by atoms with Gasteiger partial charge in [0.25, 0.3) is 5.69 Å². The lowest BCUT2D eigenvalue weighted by Crippen LogP contribution is -2.17. The first-order valence-electron chi connectivity index (χ1n) is 5.70. The zero-order valence-corrected chi connectivity index (χ0v) is 9.30. The maximum Gasteiger partial charge on any atom is 0.273 e. The summed E-state index contributed by atoms with van der Waals surface area (Å²) in [6.45, 7) is 0. The average molecular weight is 239 g/mol. The average Bonchev–Trinajstić information content (AvgIpc) is 2.29. The number of hydrogen-bond donors (Lipinski definition) is 1. The molecule has 0 aromatic heterocycles. The number of halogens is 1. The maximum absolute atomic E-state index is 13.2. The van der Waals surface area contributed by atoms with Crippen molar-refractivity contribution in [2.45, 2.75) is 37.7 Å². The number of rotatable bonds is 2. The molecular weight excluding hydrogens is 225 g/mol. The van der Waals surface area contributed by atoms with E-state index in [1.807, 2.05) is 0 Å². The second kappa shape index (κ2) is 4.79. The Morgan fingerprint density at radius 2 is 1.94 bits per heavy atom. The van der Waals surface area contributed by atoms with Crippen LogP contribution in [0.5, 0.6) is 0 Å². The Morgan fingerprint density at radius 3 is 2.53 bits per heavy atom. The van der Waals surface area contributed by atoms with Crippen molar-refractivity contribution in [3.8, 4) is 0 Å². The van der Waals surface area contributed by atoms with Crippen molar-refractivity contribution in [1.82, 2.24) is 0 Å². The van der Waals surface area contributed by atoms with Crippen LogP contribution in [0.1, 0.15) is 37.2 Å². The third kappa shape index (κ3) is 2.61. The molecule has 0 amide bonds. The van der Waals surface area contributed by atoms with E-state index in [1.54, 1.807) is 0 Å². The molecular formula is C12H14FNO3. The zero-order chi connectivity index (χ0) is 12.4. The van der Waals surface area contributed by atoms with Crippen molar-refractivity contribution in [1.29, 1.82) is 0 Å². The molecule has 17 heavy (non-hydrogen) atoms. The molecule has 0 bridgehead atoms. The van der Waals surface area contributed by atoms with Crippen LogP contribution in [-0.2, 0) is 0 Å². The second-order valence-electron chi connectivity index (χ2n) is 4.47. The molecule has 0 aliphatic heterocycles. The Kier molecular flexibility index (Phi) is 3.38. The monoisotopic (exact) mass is 239 g/mol. The van der Waals surface area contributed by atoms with E-state index in [-0.39, 0.29) is 17.7 Å². The van der Waals surface area contributed by atoms with Crippen LogP contribution in [0.3, 0.4) is 0 Å². The summed E-state index contributed by atoms with van der Waals surface area (Å²) in [6.07, 6.45) is 2.27. The van der Waals surface area contributed by atoms with Gasteiger partial charge in [-0.15, -0.1) is 0 Å². The summed E-state index contributed by atoms with van der Waals surface area (Å²) in [7, 11) is 0. The first-order valence-corrected chi connectivity index (χ1v) is 5.70. The van der Waals surface area contributed by atoms with E-state index in [0.29, 0.717) is 31.2 Å². The minimum absolute atomic E-state index is 0.0190. The number of aliphatic hydroxyl groups is 1. The van der Waals surface area contributed by atoms with E-state index in [9.17, 15) is 19.6 Å². The van der Waals surface area contributed by atoms with Crippen molar-refractivity contribution in [3.63, 3.8) is 0 Å². The largest absolute Gasteiger partial charge is 0.393 e. The molecule has 1 N–H and O–H groups in total. The second-order valence-corrected chi connectivity index (χ2v) is 4.47. The smallest absolute Gasteiger partial charge is 0.273 e. The zero-order valence-electron chi connectivity index (χ0n) is 9.30. The highest BCUT2D eigenvalue weighted by Gasteiger charge is 2.27. The van der Waals surface area contributed by atoms with Crippen LogP contribution >= 0.6 is 0 Å².